The average Bonchev–Trinajstić information content (AvgIpc) is 2.52. The molecule has 0 aliphatic rings. The first-order chi connectivity index (χ1) is 8.26. The minimum atomic E-state index is -4.60. The van der Waals surface area contributed by atoms with Gasteiger partial charge in [0.25, 0.3) is 0 Å². The standard InChI is InChI=1S/C11H16ClF3N2O/c1-4-9(12)10-7(2)16-17(8(10)3)5-6-18-11(13,14)15/h9H,4-6H2,1-3H3. The Morgan fingerprint density at radius 3 is 2.50 bits per heavy atom. The molecule has 0 aromatic carbocycles. The SMILES string of the molecule is CCC(Cl)c1c(C)nn(CCOC(F)(F)F)c1C. The fourth-order valence-electron chi connectivity index (χ4n) is 1.83. The van der Waals surface area contributed by atoms with Crippen LogP contribution >= 0.6 is 11.6 Å². The van der Waals surface area contributed by atoms with E-state index in [0.29, 0.717) is 0 Å². The Hall–Kier alpha value is -0.750. The molecule has 1 aromatic heterocycles. The molecule has 1 rings (SSSR count). The van der Waals surface area contributed by atoms with Gasteiger partial charge in [-0.1, -0.05) is 6.92 Å². The zero-order chi connectivity index (χ0) is 13.9. The number of hydrogen-bond acceptors (Lipinski definition) is 2. The summed E-state index contributed by atoms with van der Waals surface area (Å²) in [5.41, 5.74) is 2.44. The van der Waals surface area contributed by atoms with Crippen LogP contribution in [-0.4, -0.2) is 22.7 Å². The number of aromatic nitrogens is 2. The molecule has 18 heavy (non-hydrogen) atoms. The first-order valence-corrected chi connectivity index (χ1v) is 6.08. The number of hydrogen-bond donors (Lipinski definition) is 0. The van der Waals surface area contributed by atoms with Gasteiger partial charge in [0.2, 0.25) is 0 Å². The van der Waals surface area contributed by atoms with Crippen molar-refractivity contribution in [1.29, 1.82) is 0 Å². The van der Waals surface area contributed by atoms with Crippen LogP contribution in [0.15, 0.2) is 0 Å². The van der Waals surface area contributed by atoms with Crippen molar-refractivity contribution in [3.63, 3.8) is 0 Å². The molecule has 3 nitrogen and oxygen atoms in total. The largest absolute Gasteiger partial charge is 0.522 e. The van der Waals surface area contributed by atoms with Gasteiger partial charge in [-0.25, -0.2) is 0 Å². The summed E-state index contributed by atoms with van der Waals surface area (Å²) >= 11 is 6.16. The molecular formula is C11H16ClF3N2O. The van der Waals surface area contributed by atoms with Gasteiger partial charge >= 0.3 is 6.36 Å². The zero-order valence-corrected chi connectivity index (χ0v) is 11.3. The summed E-state index contributed by atoms with van der Waals surface area (Å²) in [5, 5.41) is 4.02. The molecule has 1 aromatic rings. The van der Waals surface area contributed by atoms with E-state index in [4.69, 9.17) is 11.6 Å². The summed E-state index contributed by atoms with van der Waals surface area (Å²) in [7, 11) is 0. The predicted molar refractivity (Wildman–Crippen MR) is 62.6 cm³/mol. The second-order valence-electron chi connectivity index (χ2n) is 3.98. The van der Waals surface area contributed by atoms with E-state index in [9.17, 15) is 13.2 Å². The molecule has 0 radical (unpaired) electrons. The Kier molecular flexibility index (Phi) is 5.04. The Morgan fingerprint density at radius 1 is 1.39 bits per heavy atom. The summed E-state index contributed by atoms with van der Waals surface area (Å²) < 4.78 is 40.8. The molecule has 0 bridgehead atoms. The topological polar surface area (TPSA) is 27.1 Å². The highest BCUT2D eigenvalue weighted by Crippen LogP contribution is 2.29. The summed E-state index contributed by atoms with van der Waals surface area (Å²) in [6, 6.07) is 0. The number of rotatable bonds is 5. The van der Waals surface area contributed by atoms with Crippen molar-refractivity contribution in [3.8, 4) is 0 Å². The quantitative estimate of drug-likeness (QED) is 0.771. The molecule has 0 N–H and O–H groups in total. The van der Waals surface area contributed by atoms with E-state index in [1.807, 2.05) is 6.92 Å². The highest BCUT2D eigenvalue weighted by atomic mass is 35.5. The summed E-state index contributed by atoms with van der Waals surface area (Å²) in [5.74, 6) is 0. The third-order valence-electron chi connectivity index (χ3n) is 2.68. The van der Waals surface area contributed by atoms with E-state index < -0.39 is 13.0 Å². The second-order valence-corrected chi connectivity index (χ2v) is 4.50. The van der Waals surface area contributed by atoms with Crippen molar-refractivity contribution in [1.82, 2.24) is 9.78 Å². The van der Waals surface area contributed by atoms with E-state index in [-0.39, 0.29) is 11.9 Å². The molecule has 0 fully saturated rings. The molecule has 0 spiro atoms. The molecular weight excluding hydrogens is 269 g/mol. The molecule has 104 valence electrons. The zero-order valence-electron chi connectivity index (χ0n) is 10.5. The van der Waals surface area contributed by atoms with Crippen molar-refractivity contribution in [3.05, 3.63) is 17.0 Å². The van der Waals surface area contributed by atoms with Crippen molar-refractivity contribution in [2.45, 2.75) is 45.5 Å². The van der Waals surface area contributed by atoms with Crippen LogP contribution in [0.25, 0.3) is 0 Å². The Morgan fingerprint density at radius 2 is 2.00 bits per heavy atom. The monoisotopic (exact) mass is 284 g/mol. The van der Waals surface area contributed by atoms with Crippen LogP contribution < -0.4 is 0 Å². The number of alkyl halides is 4. The van der Waals surface area contributed by atoms with Gasteiger partial charge < -0.3 is 0 Å². The Labute approximate surface area is 109 Å². The Bertz CT molecular complexity index is 404. The minimum absolute atomic E-state index is 0.0551. The fraction of sp³-hybridized carbons (Fsp3) is 0.727. The molecule has 0 saturated heterocycles. The molecule has 1 atom stereocenters. The van der Waals surface area contributed by atoms with Crippen LogP contribution in [0.2, 0.25) is 0 Å². The van der Waals surface area contributed by atoms with E-state index in [1.165, 1.54) is 4.68 Å². The van der Waals surface area contributed by atoms with Crippen LogP contribution in [-0.2, 0) is 11.3 Å². The first kappa shape index (κ1) is 15.3. The van der Waals surface area contributed by atoms with Gasteiger partial charge in [-0.3, -0.25) is 9.42 Å². The third-order valence-corrected chi connectivity index (χ3v) is 3.20. The van der Waals surface area contributed by atoms with E-state index in [1.54, 1.807) is 13.8 Å². The molecule has 0 amide bonds. The summed E-state index contributed by atoms with van der Waals surface area (Å²) in [4.78, 5) is 0. The lowest BCUT2D eigenvalue weighted by Crippen LogP contribution is -2.18. The molecule has 1 unspecified atom stereocenters. The van der Waals surface area contributed by atoms with E-state index in [2.05, 4.69) is 9.84 Å². The molecule has 0 saturated carbocycles. The fourth-order valence-corrected chi connectivity index (χ4v) is 2.15. The van der Waals surface area contributed by atoms with Crippen molar-refractivity contribution in [2.75, 3.05) is 6.61 Å². The van der Waals surface area contributed by atoms with Gasteiger partial charge in [-0.2, -0.15) is 5.10 Å². The van der Waals surface area contributed by atoms with Crippen LogP contribution in [0, 0.1) is 13.8 Å². The van der Waals surface area contributed by atoms with Crippen LogP contribution in [0.1, 0.15) is 35.7 Å². The highest BCUT2D eigenvalue weighted by molar-refractivity contribution is 6.20. The predicted octanol–water partition coefficient (Wildman–Crippen LogP) is 3.73. The molecule has 1 heterocycles. The van der Waals surface area contributed by atoms with E-state index in [0.717, 1.165) is 23.4 Å². The van der Waals surface area contributed by atoms with Gasteiger partial charge in [0, 0.05) is 11.3 Å². The van der Waals surface area contributed by atoms with Crippen LogP contribution in [0.5, 0.6) is 0 Å². The lowest BCUT2D eigenvalue weighted by atomic mass is 10.1. The summed E-state index contributed by atoms with van der Waals surface area (Å²) in [6.45, 7) is 5.15. The third kappa shape index (κ3) is 3.88. The lowest BCUT2D eigenvalue weighted by molar-refractivity contribution is -0.325. The first-order valence-electron chi connectivity index (χ1n) is 5.65. The Balaban J connectivity index is 2.74. The lowest BCUT2D eigenvalue weighted by Gasteiger charge is -2.10. The maximum absolute atomic E-state index is 11.9. The van der Waals surface area contributed by atoms with Crippen molar-refractivity contribution < 1.29 is 17.9 Å². The molecule has 7 heteroatoms. The highest BCUT2D eigenvalue weighted by Gasteiger charge is 2.29. The number of nitrogens with zero attached hydrogens (tertiary/aromatic N) is 2. The van der Waals surface area contributed by atoms with E-state index >= 15 is 0 Å². The molecule has 0 aliphatic carbocycles. The van der Waals surface area contributed by atoms with Crippen LogP contribution in [0.3, 0.4) is 0 Å². The van der Waals surface area contributed by atoms with Gasteiger partial charge in [0.15, 0.2) is 0 Å². The van der Waals surface area contributed by atoms with Crippen molar-refractivity contribution >= 4 is 11.6 Å². The number of ether oxygens (including phenoxy) is 1. The van der Waals surface area contributed by atoms with Crippen molar-refractivity contribution in [2.24, 2.45) is 0 Å². The van der Waals surface area contributed by atoms with Gasteiger partial charge in [0.05, 0.1) is 24.2 Å². The van der Waals surface area contributed by atoms with Gasteiger partial charge in [-0.05, 0) is 20.3 Å². The second kappa shape index (κ2) is 5.93. The number of aryl methyl sites for hydroxylation is 1. The molecule has 0 aliphatic heterocycles. The maximum Gasteiger partial charge on any atom is 0.522 e. The van der Waals surface area contributed by atoms with Crippen LogP contribution in [0.4, 0.5) is 13.2 Å². The smallest absolute Gasteiger partial charge is 0.290 e. The average molecular weight is 285 g/mol. The van der Waals surface area contributed by atoms with Gasteiger partial charge in [0.1, 0.15) is 0 Å². The summed E-state index contributed by atoms with van der Waals surface area (Å²) in [6.07, 6.45) is -3.86. The minimum Gasteiger partial charge on any atom is -0.290 e. The number of halogens is 4. The normalized spacial score (nSPS) is 13.9. The maximum atomic E-state index is 11.9. The van der Waals surface area contributed by atoms with Gasteiger partial charge in [-0.15, -0.1) is 24.8 Å².